The van der Waals surface area contributed by atoms with Crippen LogP contribution in [0.15, 0.2) is 48.5 Å². The van der Waals surface area contributed by atoms with Crippen LogP contribution in [-0.4, -0.2) is 18.6 Å². The summed E-state index contributed by atoms with van der Waals surface area (Å²) in [5.74, 6) is 1.39. The van der Waals surface area contributed by atoms with E-state index in [-0.39, 0.29) is 11.5 Å². The summed E-state index contributed by atoms with van der Waals surface area (Å²) in [6.45, 7) is 6.41. The first-order valence-corrected chi connectivity index (χ1v) is 7.58. The van der Waals surface area contributed by atoms with Crippen molar-refractivity contribution in [3.05, 3.63) is 59.7 Å². The van der Waals surface area contributed by atoms with Crippen LogP contribution in [0.25, 0.3) is 0 Å². The van der Waals surface area contributed by atoms with Crippen molar-refractivity contribution in [2.24, 2.45) is 0 Å². The van der Waals surface area contributed by atoms with Gasteiger partial charge >= 0.3 is 0 Å². The number of carbonyl (C=O) groups is 1. The van der Waals surface area contributed by atoms with Crippen LogP contribution in [0, 0.1) is 0 Å². The zero-order valence-corrected chi connectivity index (χ0v) is 14.1. The molecule has 1 amide bonds. The molecule has 0 atom stereocenters. The van der Waals surface area contributed by atoms with Crippen LogP contribution >= 0.6 is 0 Å². The maximum atomic E-state index is 12.2. The lowest BCUT2D eigenvalue weighted by molar-refractivity contribution is 0.0949. The Morgan fingerprint density at radius 2 is 1.70 bits per heavy atom. The van der Waals surface area contributed by atoms with Crippen LogP contribution < -0.4 is 14.8 Å². The summed E-state index contributed by atoms with van der Waals surface area (Å²) in [6, 6.07) is 14.8. The summed E-state index contributed by atoms with van der Waals surface area (Å²) in [4.78, 5) is 12.2. The SMILES string of the molecule is COc1ccc(C(=O)NCc2ccccc2OC(C)(C)C)cc1. The fraction of sp³-hybridized carbons (Fsp3) is 0.316. The Morgan fingerprint density at radius 3 is 2.30 bits per heavy atom. The largest absolute Gasteiger partial charge is 0.497 e. The van der Waals surface area contributed by atoms with Crippen LogP contribution in [0.4, 0.5) is 0 Å². The summed E-state index contributed by atoms with van der Waals surface area (Å²) in [5, 5.41) is 2.92. The summed E-state index contributed by atoms with van der Waals surface area (Å²) < 4.78 is 11.0. The van der Waals surface area contributed by atoms with Gasteiger partial charge in [0.05, 0.1) is 7.11 Å². The van der Waals surface area contributed by atoms with Gasteiger partial charge in [-0.25, -0.2) is 0 Å². The number of carbonyl (C=O) groups excluding carboxylic acids is 1. The quantitative estimate of drug-likeness (QED) is 0.913. The van der Waals surface area contributed by atoms with Gasteiger partial charge in [-0.2, -0.15) is 0 Å². The maximum Gasteiger partial charge on any atom is 0.251 e. The molecule has 0 aliphatic heterocycles. The lowest BCUT2D eigenvalue weighted by atomic mass is 10.1. The lowest BCUT2D eigenvalue weighted by Gasteiger charge is -2.23. The van der Waals surface area contributed by atoms with Crippen LogP contribution in [-0.2, 0) is 6.54 Å². The molecule has 0 saturated carbocycles. The van der Waals surface area contributed by atoms with E-state index in [0.29, 0.717) is 12.1 Å². The van der Waals surface area contributed by atoms with Gasteiger partial charge in [-0.3, -0.25) is 4.79 Å². The molecule has 0 heterocycles. The molecule has 23 heavy (non-hydrogen) atoms. The number of rotatable bonds is 5. The second-order valence-corrected chi connectivity index (χ2v) is 6.23. The van der Waals surface area contributed by atoms with Crippen molar-refractivity contribution in [2.45, 2.75) is 32.9 Å². The first-order valence-electron chi connectivity index (χ1n) is 7.58. The van der Waals surface area contributed by atoms with Gasteiger partial charge < -0.3 is 14.8 Å². The molecule has 2 aromatic rings. The molecule has 0 fully saturated rings. The van der Waals surface area contributed by atoms with E-state index in [1.807, 2.05) is 45.0 Å². The minimum atomic E-state index is -0.282. The predicted octanol–water partition coefficient (Wildman–Crippen LogP) is 3.80. The van der Waals surface area contributed by atoms with Gasteiger partial charge in [0.1, 0.15) is 17.1 Å². The topological polar surface area (TPSA) is 47.6 Å². The Morgan fingerprint density at radius 1 is 1.04 bits per heavy atom. The average molecular weight is 313 g/mol. The number of hydrogen-bond donors (Lipinski definition) is 1. The van der Waals surface area contributed by atoms with Crippen molar-refractivity contribution >= 4 is 5.91 Å². The highest BCUT2D eigenvalue weighted by Gasteiger charge is 2.15. The Hall–Kier alpha value is -2.49. The lowest BCUT2D eigenvalue weighted by Crippen LogP contribution is -2.26. The van der Waals surface area contributed by atoms with E-state index in [1.165, 1.54) is 0 Å². The van der Waals surface area contributed by atoms with Crippen LogP contribution in [0.3, 0.4) is 0 Å². The van der Waals surface area contributed by atoms with Crippen LogP contribution in [0.1, 0.15) is 36.7 Å². The number of methoxy groups -OCH3 is 1. The molecule has 2 aromatic carbocycles. The molecular weight excluding hydrogens is 290 g/mol. The van der Waals surface area contributed by atoms with E-state index in [4.69, 9.17) is 9.47 Å². The molecule has 1 N–H and O–H groups in total. The molecule has 0 radical (unpaired) electrons. The summed E-state index contributed by atoms with van der Waals surface area (Å²) in [6.07, 6.45) is 0. The third-order valence-corrected chi connectivity index (χ3v) is 3.18. The monoisotopic (exact) mass is 313 g/mol. The normalized spacial score (nSPS) is 11.0. The van der Waals surface area contributed by atoms with Crippen molar-refractivity contribution in [3.8, 4) is 11.5 Å². The molecule has 4 heteroatoms. The van der Waals surface area contributed by atoms with Crippen molar-refractivity contribution in [1.82, 2.24) is 5.32 Å². The minimum Gasteiger partial charge on any atom is -0.497 e. The second kappa shape index (κ2) is 7.18. The van der Waals surface area contributed by atoms with E-state index in [1.54, 1.807) is 31.4 Å². The average Bonchev–Trinajstić information content (AvgIpc) is 2.52. The first kappa shape index (κ1) is 16.9. The van der Waals surface area contributed by atoms with Crippen LogP contribution in [0.2, 0.25) is 0 Å². The van der Waals surface area contributed by atoms with Gasteiger partial charge in [0.25, 0.3) is 5.91 Å². The molecule has 0 bridgehead atoms. The number of hydrogen-bond acceptors (Lipinski definition) is 3. The molecule has 0 aliphatic rings. The molecule has 0 aromatic heterocycles. The van der Waals surface area contributed by atoms with Gasteiger partial charge in [-0.15, -0.1) is 0 Å². The highest BCUT2D eigenvalue weighted by atomic mass is 16.5. The van der Waals surface area contributed by atoms with Crippen molar-refractivity contribution in [2.75, 3.05) is 7.11 Å². The molecule has 122 valence electrons. The van der Waals surface area contributed by atoms with E-state index >= 15 is 0 Å². The smallest absolute Gasteiger partial charge is 0.251 e. The fourth-order valence-electron chi connectivity index (χ4n) is 2.10. The van der Waals surface area contributed by atoms with Gasteiger partial charge in [0.15, 0.2) is 0 Å². The molecule has 4 nitrogen and oxygen atoms in total. The molecule has 0 spiro atoms. The van der Waals surface area contributed by atoms with E-state index in [0.717, 1.165) is 17.1 Å². The van der Waals surface area contributed by atoms with Crippen molar-refractivity contribution in [1.29, 1.82) is 0 Å². The third kappa shape index (κ3) is 5.02. The van der Waals surface area contributed by atoms with Crippen LogP contribution in [0.5, 0.6) is 11.5 Å². The van der Waals surface area contributed by atoms with Gasteiger partial charge in [-0.1, -0.05) is 18.2 Å². The third-order valence-electron chi connectivity index (χ3n) is 3.18. The summed E-state index contributed by atoms with van der Waals surface area (Å²) >= 11 is 0. The minimum absolute atomic E-state index is 0.127. The van der Waals surface area contributed by atoms with Crippen molar-refractivity contribution in [3.63, 3.8) is 0 Å². The molecule has 0 saturated heterocycles. The summed E-state index contributed by atoms with van der Waals surface area (Å²) in [7, 11) is 1.60. The first-order chi connectivity index (χ1) is 10.9. The number of para-hydroxylation sites is 1. The Labute approximate surface area is 137 Å². The molecule has 2 rings (SSSR count). The highest BCUT2D eigenvalue weighted by Crippen LogP contribution is 2.23. The van der Waals surface area contributed by atoms with Gasteiger partial charge in [0.2, 0.25) is 0 Å². The standard InChI is InChI=1S/C19H23NO3/c1-19(2,3)23-17-8-6-5-7-15(17)13-20-18(21)14-9-11-16(22-4)12-10-14/h5-12H,13H2,1-4H3,(H,20,21). The fourth-order valence-corrected chi connectivity index (χ4v) is 2.10. The van der Waals surface area contributed by atoms with E-state index < -0.39 is 0 Å². The second-order valence-electron chi connectivity index (χ2n) is 6.23. The molecule has 0 unspecified atom stereocenters. The number of nitrogens with one attached hydrogen (secondary N) is 1. The number of ether oxygens (including phenoxy) is 2. The Kier molecular flexibility index (Phi) is 5.27. The van der Waals surface area contributed by atoms with E-state index in [2.05, 4.69) is 5.32 Å². The van der Waals surface area contributed by atoms with E-state index in [9.17, 15) is 4.79 Å². The number of amides is 1. The highest BCUT2D eigenvalue weighted by molar-refractivity contribution is 5.94. The Balaban J connectivity index is 2.04. The summed E-state index contributed by atoms with van der Waals surface area (Å²) in [5.41, 5.74) is 1.26. The van der Waals surface area contributed by atoms with Crippen molar-refractivity contribution < 1.29 is 14.3 Å². The number of benzene rings is 2. The molecular formula is C19H23NO3. The Bertz CT molecular complexity index is 657. The predicted molar refractivity (Wildman–Crippen MR) is 91.0 cm³/mol. The van der Waals surface area contributed by atoms with Gasteiger partial charge in [-0.05, 0) is 51.1 Å². The molecule has 0 aliphatic carbocycles. The maximum absolute atomic E-state index is 12.2. The zero-order valence-electron chi connectivity index (χ0n) is 14.1. The zero-order chi connectivity index (χ0) is 16.9. The van der Waals surface area contributed by atoms with Gasteiger partial charge in [0, 0.05) is 17.7 Å².